The molecule has 0 N–H and O–H groups in total. The van der Waals surface area contributed by atoms with Crippen LogP contribution in [0.3, 0.4) is 0 Å². The van der Waals surface area contributed by atoms with Crippen molar-refractivity contribution in [3.05, 3.63) is 53.1 Å². The highest BCUT2D eigenvalue weighted by atomic mass is 16.5. The molecule has 0 saturated carbocycles. The van der Waals surface area contributed by atoms with Crippen LogP contribution >= 0.6 is 0 Å². The summed E-state index contributed by atoms with van der Waals surface area (Å²) in [5.74, 6) is 0.949. The lowest BCUT2D eigenvalue weighted by Gasteiger charge is -2.20. The molecule has 4 rings (SSSR count). The van der Waals surface area contributed by atoms with Crippen molar-refractivity contribution < 1.29 is 4.74 Å². The highest BCUT2D eigenvalue weighted by molar-refractivity contribution is 5.82. The van der Waals surface area contributed by atoms with Gasteiger partial charge in [0, 0.05) is 17.7 Å². The summed E-state index contributed by atoms with van der Waals surface area (Å²) < 4.78 is 8.15. The number of ether oxygens (including phenoxy) is 1. The number of unbranched alkanes of at least 4 members (excludes halogenated alkanes) is 1. The first-order valence-electron chi connectivity index (χ1n) is 11.5. The lowest BCUT2D eigenvalue weighted by atomic mass is 9.88. The Morgan fingerprint density at radius 1 is 1.00 bits per heavy atom. The molecule has 0 saturated heterocycles. The predicted octanol–water partition coefficient (Wildman–Crippen LogP) is 6.25. The van der Waals surface area contributed by atoms with Gasteiger partial charge in [0.2, 0.25) is 0 Å². The van der Waals surface area contributed by atoms with Crippen molar-refractivity contribution in [2.24, 2.45) is 0 Å². The van der Waals surface area contributed by atoms with E-state index in [0.717, 1.165) is 49.4 Å². The van der Waals surface area contributed by atoms with Gasteiger partial charge < -0.3 is 4.74 Å². The van der Waals surface area contributed by atoms with E-state index in [-0.39, 0.29) is 6.10 Å². The standard InChI is InChI=1S/C26H33N3O/c1-5-8-9-19-10-14-24-20(16-19)11-12-21-17-22(30-18(4)6-2)13-15-23(21)25-26(24)29(7-3)28-27-25/h10,13-18H,5-9,11-12H2,1-4H3. The number of aryl methyl sites for hydroxylation is 4. The summed E-state index contributed by atoms with van der Waals surface area (Å²) in [5.41, 5.74) is 8.73. The van der Waals surface area contributed by atoms with Crippen LogP contribution in [0.2, 0.25) is 0 Å². The summed E-state index contributed by atoms with van der Waals surface area (Å²) in [6.07, 6.45) is 6.82. The molecule has 0 fully saturated rings. The first-order valence-corrected chi connectivity index (χ1v) is 11.5. The van der Waals surface area contributed by atoms with Crippen molar-refractivity contribution >= 4 is 0 Å². The topological polar surface area (TPSA) is 39.9 Å². The summed E-state index contributed by atoms with van der Waals surface area (Å²) in [5, 5.41) is 9.11. The van der Waals surface area contributed by atoms with E-state index in [1.165, 1.54) is 40.7 Å². The highest BCUT2D eigenvalue weighted by Crippen LogP contribution is 2.39. The molecule has 0 aliphatic heterocycles. The normalized spacial score (nSPS) is 13.6. The van der Waals surface area contributed by atoms with E-state index in [1.807, 2.05) is 4.68 Å². The summed E-state index contributed by atoms with van der Waals surface area (Å²) in [7, 11) is 0. The average Bonchev–Trinajstić information content (AvgIpc) is 3.18. The number of rotatable bonds is 7. The van der Waals surface area contributed by atoms with Gasteiger partial charge in [-0.1, -0.05) is 43.7 Å². The number of hydrogen-bond acceptors (Lipinski definition) is 3. The lowest BCUT2D eigenvalue weighted by Crippen LogP contribution is -2.10. The molecule has 1 unspecified atom stereocenters. The Kier molecular flexibility index (Phi) is 6.21. The number of hydrogen-bond donors (Lipinski definition) is 0. The fourth-order valence-corrected chi connectivity index (χ4v) is 4.27. The van der Waals surface area contributed by atoms with Crippen LogP contribution in [0.15, 0.2) is 36.4 Å². The van der Waals surface area contributed by atoms with Crippen molar-refractivity contribution in [1.29, 1.82) is 0 Å². The Hall–Kier alpha value is -2.62. The van der Waals surface area contributed by atoms with Gasteiger partial charge in [-0.15, -0.1) is 5.10 Å². The van der Waals surface area contributed by atoms with Crippen LogP contribution in [-0.2, 0) is 25.8 Å². The van der Waals surface area contributed by atoms with Crippen LogP contribution in [0.4, 0.5) is 0 Å². The minimum absolute atomic E-state index is 0.218. The maximum atomic E-state index is 6.11. The van der Waals surface area contributed by atoms with Gasteiger partial charge in [0.15, 0.2) is 0 Å². The number of nitrogens with zero attached hydrogens (tertiary/aromatic N) is 3. The molecular weight excluding hydrogens is 370 g/mol. The molecule has 1 aromatic heterocycles. The van der Waals surface area contributed by atoms with Crippen molar-refractivity contribution in [1.82, 2.24) is 15.0 Å². The molecule has 4 nitrogen and oxygen atoms in total. The van der Waals surface area contributed by atoms with Gasteiger partial charge in [-0.05, 0) is 80.8 Å². The molecule has 1 aliphatic rings. The third-order valence-corrected chi connectivity index (χ3v) is 6.19. The van der Waals surface area contributed by atoms with E-state index in [4.69, 9.17) is 4.74 Å². The lowest BCUT2D eigenvalue weighted by molar-refractivity contribution is 0.217. The monoisotopic (exact) mass is 403 g/mol. The fourth-order valence-electron chi connectivity index (χ4n) is 4.27. The van der Waals surface area contributed by atoms with Gasteiger partial charge in [-0.25, -0.2) is 4.68 Å². The molecule has 158 valence electrons. The SMILES string of the molecule is CCCCc1ccc2c(c1)CCc1cc(OC(C)CC)ccc1-c1nnn(CC)c1-2. The summed E-state index contributed by atoms with van der Waals surface area (Å²) in [4.78, 5) is 0. The maximum absolute atomic E-state index is 6.11. The minimum Gasteiger partial charge on any atom is -0.491 e. The molecule has 3 aromatic rings. The molecule has 1 heterocycles. The van der Waals surface area contributed by atoms with Crippen molar-refractivity contribution in [2.45, 2.75) is 78.9 Å². The van der Waals surface area contributed by atoms with Gasteiger partial charge in [0.25, 0.3) is 0 Å². The largest absolute Gasteiger partial charge is 0.491 e. The molecular formula is C26H33N3O. The average molecular weight is 404 g/mol. The molecule has 0 bridgehead atoms. The first kappa shape index (κ1) is 20.6. The predicted molar refractivity (Wildman–Crippen MR) is 123 cm³/mol. The van der Waals surface area contributed by atoms with Gasteiger partial charge in [0.05, 0.1) is 11.8 Å². The Morgan fingerprint density at radius 2 is 1.77 bits per heavy atom. The molecule has 0 spiro atoms. The van der Waals surface area contributed by atoms with Crippen LogP contribution in [-0.4, -0.2) is 21.1 Å². The Bertz CT molecular complexity index is 1020. The van der Waals surface area contributed by atoms with E-state index < -0.39 is 0 Å². The molecule has 4 heteroatoms. The highest BCUT2D eigenvalue weighted by Gasteiger charge is 2.24. The first-order chi connectivity index (χ1) is 14.6. The zero-order valence-corrected chi connectivity index (χ0v) is 18.7. The summed E-state index contributed by atoms with van der Waals surface area (Å²) in [6.45, 7) is 9.47. The zero-order chi connectivity index (χ0) is 21.1. The summed E-state index contributed by atoms with van der Waals surface area (Å²) in [6, 6.07) is 13.4. The van der Waals surface area contributed by atoms with Gasteiger partial charge in [-0.2, -0.15) is 0 Å². The second-order valence-corrected chi connectivity index (χ2v) is 8.35. The molecule has 30 heavy (non-hydrogen) atoms. The second-order valence-electron chi connectivity index (χ2n) is 8.35. The molecule has 0 amide bonds. The Labute approximate surface area is 180 Å². The third kappa shape index (κ3) is 4.00. The van der Waals surface area contributed by atoms with Crippen LogP contribution in [0.5, 0.6) is 5.75 Å². The Balaban J connectivity index is 1.81. The third-order valence-electron chi connectivity index (χ3n) is 6.19. The Morgan fingerprint density at radius 3 is 2.50 bits per heavy atom. The van der Waals surface area contributed by atoms with Crippen molar-refractivity contribution in [3.8, 4) is 28.3 Å². The summed E-state index contributed by atoms with van der Waals surface area (Å²) >= 11 is 0. The number of benzene rings is 2. The van der Waals surface area contributed by atoms with E-state index in [1.54, 1.807) is 0 Å². The molecule has 0 radical (unpaired) electrons. The van der Waals surface area contributed by atoms with Crippen LogP contribution in [0.1, 0.15) is 63.6 Å². The van der Waals surface area contributed by atoms with E-state index >= 15 is 0 Å². The van der Waals surface area contributed by atoms with Crippen molar-refractivity contribution in [2.75, 3.05) is 0 Å². The molecule has 1 atom stereocenters. The molecule has 2 aromatic carbocycles. The second kappa shape index (κ2) is 9.03. The van der Waals surface area contributed by atoms with Gasteiger partial charge in [0.1, 0.15) is 11.4 Å². The van der Waals surface area contributed by atoms with E-state index in [9.17, 15) is 0 Å². The van der Waals surface area contributed by atoms with Gasteiger partial charge in [-0.3, -0.25) is 0 Å². The van der Waals surface area contributed by atoms with Gasteiger partial charge >= 0.3 is 0 Å². The quantitative estimate of drug-likeness (QED) is 0.468. The van der Waals surface area contributed by atoms with Crippen molar-refractivity contribution in [3.63, 3.8) is 0 Å². The van der Waals surface area contributed by atoms with Crippen LogP contribution in [0, 0.1) is 0 Å². The maximum Gasteiger partial charge on any atom is 0.121 e. The van der Waals surface area contributed by atoms with Crippen LogP contribution in [0.25, 0.3) is 22.5 Å². The fraction of sp³-hybridized carbons (Fsp3) is 0.462. The van der Waals surface area contributed by atoms with E-state index in [2.05, 4.69) is 74.4 Å². The van der Waals surface area contributed by atoms with Crippen LogP contribution < -0.4 is 4.74 Å². The zero-order valence-electron chi connectivity index (χ0n) is 18.7. The van der Waals surface area contributed by atoms with E-state index in [0.29, 0.717) is 0 Å². The number of aromatic nitrogens is 3. The number of fused-ring (bicyclic) bond motifs is 5. The molecule has 1 aliphatic carbocycles. The smallest absolute Gasteiger partial charge is 0.121 e. The minimum atomic E-state index is 0.218.